The van der Waals surface area contributed by atoms with E-state index in [1.54, 1.807) is 0 Å². The minimum atomic E-state index is -0.602. The van der Waals surface area contributed by atoms with Crippen LogP contribution in [0, 0.1) is 0 Å². The molecule has 1 aliphatic carbocycles. The summed E-state index contributed by atoms with van der Waals surface area (Å²) in [6, 6.07) is 10.0. The Hall–Kier alpha value is -1.32. The highest BCUT2D eigenvalue weighted by Gasteiger charge is 2.49. The summed E-state index contributed by atoms with van der Waals surface area (Å²) in [4.78, 5) is 14.8. The molecule has 0 bridgehead atoms. The first-order valence-electron chi connectivity index (χ1n) is 7.18. The van der Waals surface area contributed by atoms with Gasteiger partial charge in [0.15, 0.2) is 0 Å². The number of rotatable bonds is 4. The molecule has 0 fully saturated rings. The zero-order chi connectivity index (χ0) is 14.6. The average Bonchev–Trinajstić information content (AvgIpc) is 2.48. The van der Waals surface area contributed by atoms with Crippen molar-refractivity contribution in [2.45, 2.75) is 31.2 Å². The summed E-state index contributed by atoms with van der Waals surface area (Å²) < 4.78 is 5.42. The Balaban J connectivity index is 0.00000220. The molecule has 1 aromatic rings. The van der Waals surface area contributed by atoms with Crippen molar-refractivity contribution < 1.29 is 9.53 Å². The molecule has 0 unspecified atom stereocenters. The molecule has 0 N–H and O–H groups in total. The van der Waals surface area contributed by atoms with Crippen molar-refractivity contribution in [3.8, 4) is 0 Å². The molecule has 1 aromatic carbocycles. The summed E-state index contributed by atoms with van der Waals surface area (Å²) in [6.07, 6.45) is 5.98. The van der Waals surface area contributed by atoms with Crippen LogP contribution in [-0.2, 0) is 14.9 Å². The fraction of sp³-hybridized carbons (Fsp3) is 0.471. The van der Waals surface area contributed by atoms with Crippen LogP contribution in [0.3, 0.4) is 0 Å². The molecule has 21 heavy (non-hydrogen) atoms. The van der Waals surface area contributed by atoms with E-state index in [1.807, 2.05) is 51.4 Å². The number of halogens is 1. The lowest BCUT2D eigenvalue weighted by Gasteiger charge is -2.42. The molecular formula is C17H24ClNO2. The number of benzene rings is 1. The van der Waals surface area contributed by atoms with Gasteiger partial charge in [-0.1, -0.05) is 42.5 Å². The minimum Gasteiger partial charge on any atom is -0.465 e. The predicted octanol–water partition coefficient (Wildman–Crippen LogP) is 3.19. The van der Waals surface area contributed by atoms with Crippen LogP contribution in [0.1, 0.15) is 25.3 Å². The average molecular weight is 310 g/mol. The number of carbonyl (C=O) groups is 1. The van der Waals surface area contributed by atoms with Gasteiger partial charge in [0.25, 0.3) is 0 Å². The molecule has 0 radical (unpaired) electrons. The van der Waals surface area contributed by atoms with Crippen molar-refractivity contribution in [1.82, 2.24) is 4.90 Å². The monoisotopic (exact) mass is 309 g/mol. The first-order valence-corrected chi connectivity index (χ1v) is 7.18. The van der Waals surface area contributed by atoms with E-state index < -0.39 is 5.41 Å². The molecule has 2 rings (SSSR count). The van der Waals surface area contributed by atoms with Crippen molar-refractivity contribution in [3.05, 3.63) is 48.0 Å². The standard InChI is InChI=1S/C17H23NO2.ClH/c1-4-20-16(19)17(14-10-6-5-7-11-14)13-9-8-12-15(17)18(2)3;/h5-8,10-12,15H,4,9,13H2,1-3H3;1H/t15-,17-;/m1./s1. The van der Waals surface area contributed by atoms with Crippen LogP contribution in [-0.4, -0.2) is 37.6 Å². The van der Waals surface area contributed by atoms with Crippen LogP contribution in [0.4, 0.5) is 0 Å². The van der Waals surface area contributed by atoms with Gasteiger partial charge in [0.2, 0.25) is 0 Å². The van der Waals surface area contributed by atoms with Crippen LogP contribution >= 0.6 is 12.4 Å². The van der Waals surface area contributed by atoms with Crippen molar-refractivity contribution in [1.29, 1.82) is 0 Å². The summed E-state index contributed by atoms with van der Waals surface area (Å²) in [7, 11) is 4.02. The fourth-order valence-corrected chi connectivity index (χ4v) is 3.11. The van der Waals surface area contributed by atoms with Crippen molar-refractivity contribution >= 4 is 18.4 Å². The lowest BCUT2D eigenvalue weighted by molar-refractivity contribution is -0.152. The maximum atomic E-state index is 12.8. The van der Waals surface area contributed by atoms with Gasteiger partial charge in [-0.05, 0) is 39.4 Å². The van der Waals surface area contributed by atoms with Gasteiger partial charge in [0.05, 0.1) is 6.61 Å². The Kier molecular flexibility index (Phi) is 6.43. The molecule has 4 heteroatoms. The predicted molar refractivity (Wildman–Crippen MR) is 87.9 cm³/mol. The molecule has 0 aliphatic heterocycles. The van der Waals surface area contributed by atoms with Crippen LogP contribution < -0.4 is 0 Å². The zero-order valence-electron chi connectivity index (χ0n) is 12.9. The highest BCUT2D eigenvalue weighted by molar-refractivity contribution is 5.85. The fourth-order valence-electron chi connectivity index (χ4n) is 3.11. The Morgan fingerprint density at radius 2 is 2.00 bits per heavy atom. The smallest absolute Gasteiger partial charge is 0.318 e. The number of hydrogen-bond acceptors (Lipinski definition) is 3. The van der Waals surface area contributed by atoms with E-state index in [0.717, 1.165) is 18.4 Å². The minimum absolute atomic E-state index is 0. The van der Waals surface area contributed by atoms with E-state index in [1.165, 1.54) is 0 Å². The first kappa shape index (κ1) is 17.7. The van der Waals surface area contributed by atoms with Crippen LogP contribution in [0.25, 0.3) is 0 Å². The molecule has 2 atom stereocenters. The lowest BCUT2D eigenvalue weighted by atomic mass is 9.68. The van der Waals surface area contributed by atoms with Gasteiger partial charge in [-0.3, -0.25) is 4.79 Å². The van der Waals surface area contributed by atoms with Crippen LogP contribution in [0.15, 0.2) is 42.5 Å². The van der Waals surface area contributed by atoms with E-state index in [4.69, 9.17) is 4.74 Å². The third kappa shape index (κ3) is 3.30. The summed E-state index contributed by atoms with van der Waals surface area (Å²) >= 11 is 0. The molecule has 1 aliphatic rings. The second-order valence-corrected chi connectivity index (χ2v) is 5.43. The molecule has 0 aromatic heterocycles. The van der Waals surface area contributed by atoms with Gasteiger partial charge in [0, 0.05) is 6.04 Å². The second kappa shape index (κ2) is 7.62. The van der Waals surface area contributed by atoms with E-state index in [2.05, 4.69) is 17.1 Å². The van der Waals surface area contributed by atoms with Crippen molar-refractivity contribution in [3.63, 3.8) is 0 Å². The Labute approximate surface area is 133 Å². The number of carbonyl (C=O) groups excluding carboxylic acids is 1. The molecular weight excluding hydrogens is 286 g/mol. The Bertz CT molecular complexity index is 487. The Morgan fingerprint density at radius 3 is 2.57 bits per heavy atom. The highest BCUT2D eigenvalue weighted by Crippen LogP contribution is 2.40. The summed E-state index contributed by atoms with van der Waals surface area (Å²) in [6.45, 7) is 2.28. The molecule has 0 saturated carbocycles. The quantitative estimate of drug-likeness (QED) is 0.632. The zero-order valence-corrected chi connectivity index (χ0v) is 13.7. The molecule has 116 valence electrons. The number of allylic oxidation sites excluding steroid dienone is 1. The maximum Gasteiger partial charge on any atom is 0.318 e. The van der Waals surface area contributed by atoms with Crippen molar-refractivity contribution in [2.75, 3.05) is 20.7 Å². The van der Waals surface area contributed by atoms with E-state index in [-0.39, 0.29) is 24.4 Å². The molecule has 0 amide bonds. The van der Waals surface area contributed by atoms with Gasteiger partial charge in [-0.2, -0.15) is 0 Å². The molecule has 3 nitrogen and oxygen atoms in total. The van der Waals surface area contributed by atoms with Gasteiger partial charge >= 0.3 is 5.97 Å². The molecule has 0 saturated heterocycles. The molecule has 0 spiro atoms. The summed E-state index contributed by atoms with van der Waals surface area (Å²) in [5.74, 6) is -0.116. The second-order valence-electron chi connectivity index (χ2n) is 5.43. The number of esters is 1. The summed E-state index contributed by atoms with van der Waals surface area (Å²) in [5, 5.41) is 0. The SMILES string of the molecule is CCOC(=O)[C@@]1(c2ccccc2)CCC=C[C@H]1N(C)C.Cl. The van der Waals surface area contributed by atoms with Crippen molar-refractivity contribution in [2.24, 2.45) is 0 Å². The Morgan fingerprint density at radius 1 is 1.33 bits per heavy atom. The third-order valence-corrected chi connectivity index (χ3v) is 4.01. The summed E-state index contributed by atoms with van der Waals surface area (Å²) in [5.41, 5.74) is 0.441. The first-order chi connectivity index (χ1) is 9.63. The van der Waals surface area contributed by atoms with E-state index >= 15 is 0 Å². The number of hydrogen-bond donors (Lipinski definition) is 0. The molecule has 0 heterocycles. The largest absolute Gasteiger partial charge is 0.465 e. The number of ether oxygens (including phenoxy) is 1. The maximum absolute atomic E-state index is 12.8. The third-order valence-electron chi connectivity index (χ3n) is 4.01. The van der Waals surface area contributed by atoms with Crippen LogP contribution in [0.5, 0.6) is 0 Å². The number of likely N-dealkylation sites (N-methyl/N-ethyl adjacent to an activating group) is 1. The van der Waals surface area contributed by atoms with Crippen LogP contribution in [0.2, 0.25) is 0 Å². The lowest BCUT2D eigenvalue weighted by Crippen LogP contribution is -2.54. The normalized spacial score (nSPS) is 24.5. The van der Waals surface area contributed by atoms with E-state index in [0.29, 0.717) is 6.61 Å². The van der Waals surface area contributed by atoms with Gasteiger partial charge in [-0.15, -0.1) is 12.4 Å². The van der Waals surface area contributed by atoms with Gasteiger partial charge < -0.3 is 9.64 Å². The van der Waals surface area contributed by atoms with Gasteiger partial charge in [-0.25, -0.2) is 0 Å². The van der Waals surface area contributed by atoms with Gasteiger partial charge in [0.1, 0.15) is 5.41 Å². The number of nitrogens with zero attached hydrogens (tertiary/aromatic N) is 1. The topological polar surface area (TPSA) is 29.5 Å². The highest BCUT2D eigenvalue weighted by atomic mass is 35.5. The van der Waals surface area contributed by atoms with E-state index in [9.17, 15) is 4.79 Å².